The van der Waals surface area contributed by atoms with E-state index in [1.165, 1.54) is 0 Å². The van der Waals surface area contributed by atoms with Gasteiger partial charge >= 0.3 is 16.7 Å². The van der Waals surface area contributed by atoms with Gasteiger partial charge in [-0.05, 0) is 16.9 Å². The van der Waals surface area contributed by atoms with Crippen LogP contribution in [0.1, 0.15) is 5.56 Å². The first-order valence-corrected chi connectivity index (χ1v) is 7.16. The highest BCUT2D eigenvalue weighted by Gasteiger charge is 2.28. The van der Waals surface area contributed by atoms with Crippen molar-refractivity contribution in [1.82, 2.24) is 0 Å². The minimum atomic E-state index is -1.21. The Morgan fingerprint density at radius 2 is 1.87 bits per heavy atom. The summed E-state index contributed by atoms with van der Waals surface area (Å²) in [5.74, 6) is -1.21. The maximum absolute atomic E-state index is 11.4. The fourth-order valence-electron chi connectivity index (χ4n) is 1.91. The summed E-state index contributed by atoms with van der Waals surface area (Å²) in [5, 5.41) is 32.9. The molecule has 0 saturated carbocycles. The zero-order valence-corrected chi connectivity index (χ0v) is 12.4. The van der Waals surface area contributed by atoms with Gasteiger partial charge in [0.05, 0.1) is 9.85 Å². The van der Waals surface area contributed by atoms with E-state index in [9.17, 15) is 30.1 Å². The molecule has 10 heteroatoms. The predicted octanol–water partition coefficient (Wildman–Crippen LogP) is 2.67. The first kappa shape index (κ1) is 16.4. The maximum Gasteiger partial charge on any atom is 0.333 e. The summed E-state index contributed by atoms with van der Waals surface area (Å²) >= 11 is 0.537. The lowest BCUT2D eigenvalue weighted by Crippen LogP contribution is -2.31. The Morgan fingerprint density at radius 1 is 1.22 bits per heavy atom. The van der Waals surface area contributed by atoms with Crippen LogP contribution in [0.3, 0.4) is 0 Å². The lowest BCUT2D eigenvalue weighted by atomic mass is 10.1. The number of hydrogen-bond donors (Lipinski definition) is 2. The minimum Gasteiger partial charge on any atom is -0.480 e. The quantitative estimate of drug-likeness (QED) is 0.585. The topological polar surface area (TPSA) is 136 Å². The van der Waals surface area contributed by atoms with Crippen molar-refractivity contribution in [3.05, 3.63) is 62.2 Å². The summed E-state index contributed by atoms with van der Waals surface area (Å²) in [7, 11) is 0. The van der Waals surface area contributed by atoms with Gasteiger partial charge < -0.3 is 10.4 Å². The molecule has 0 fully saturated rings. The number of nitro groups is 2. The van der Waals surface area contributed by atoms with Crippen LogP contribution in [0.4, 0.5) is 15.7 Å². The molecule has 0 spiro atoms. The first-order chi connectivity index (χ1) is 10.9. The Labute approximate surface area is 133 Å². The number of benzene rings is 1. The molecule has 0 saturated heterocycles. The molecule has 23 heavy (non-hydrogen) atoms. The molecular weight excluding hydrogens is 326 g/mol. The van der Waals surface area contributed by atoms with Crippen LogP contribution in [0.15, 0.2) is 36.4 Å². The Hall–Kier alpha value is -3.01. The Kier molecular flexibility index (Phi) is 4.86. The number of carboxylic acid groups (broad SMARTS) is 1. The number of aliphatic carboxylic acids is 1. The average molecular weight is 337 g/mol. The lowest BCUT2D eigenvalue weighted by Gasteiger charge is -2.14. The van der Waals surface area contributed by atoms with E-state index in [1.807, 2.05) is 0 Å². The van der Waals surface area contributed by atoms with Crippen LogP contribution in [-0.2, 0) is 11.2 Å². The lowest BCUT2D eigenvalue weighted by molar-refractivity contribution is -0.389. The smallest absolute Gasteiger partial charge is 0.333 e. The monoisotopic (exact) mass is 337 g/mol. The second-order valence-corrected chi connectivity index (χ2v) is 5.57. The molecule has 0 bridgehead atoms. The van der Waals surface area contributed by atoms with Crippen molar-refractivity contribution in [2.75, 3.05) is 5.32 Å². The van der Waals surface area contributed by atoms with E-state index in [0.29, 0.717) is 11.3 Å². The van der Waals surface area contributed by atoms with Crippen LogP contribution in [0, 0.1) is 20.2 Å². The van der Waals surface area contributed by atoms with E-state index in [2.05, 4.69) is 5.32 Å². The Bertz CT molecular complexity index is 745. The summed E-state index contributed by atoms with van der Waals surface area (Å²) in [6.45, 7) is 0. The summed E-state index contributed by atoms with van der Waals surface area (Å²) < 4.78 is 0. The Balaban J connectivity index is 2.28. The van der Waals surface area contributed by atoms with Gasteiger partial charge in [0, 0.05) is 6.42 Å². The number of nitrogens with one attached hydrogen (secondary N) is 1. The number of anilines is 1. The summed E-state index contributed by atoms with van der Waals surface area (Å²) in [6.07, 6.45) is 0.0824. The summed E-state index contributed by atoms with van der Waals surface area (Å²) in [5.41, 5.74) is 0.210. The molecule has 0 aliphatic carbocycles. The van der Waals surface area contributed by atoms with E-state index >= 15 is 0 Å². The number of thiophene rings is 1. The standard InChI is InChI=1S/C13H11N3O6S/c17-13(18)9(6-8-4-2-1-3-5-8)14-12-10(15(19)20)7-11(23-12)16(21)22/h1-5,7,9,14H,6H2,(H,17,18). The SMILES string of the molecule is O=C(O)C(Cc1ccccc1)Nc1sc([N+](=O)[O-])cc1[N+](=O)[O-]. The molecule has 1 atom stereocenters. The second kappa shape index (κ2) is 6.83. The molecular formula is C13H11N3O6S. The fourth-order valence-corrected chi connectivity index (χ4v) is 2.80. The molecule has 1 aromatic carbocycles. The highest BCUT2D eigenvalue weighted by Crippen LogP contribution is 2.39. The number of hydrogen-bond acceptors (Lipinski definition) is 7. The van der Waals surface area contributed by atoms with Crippen LogP contribution < -0.4 is 5.32 Å². The molecule has 120 valence electrons. The third-order valence-electron chi connectivity index (χ3n) is 2.96. The third kappa shape index (κ3) is 4.01. The molecule has 0 radical (unpaired) electrons. The summed E-state index contributed by atoms with van der Waals surface area (Å²) in [4.78, 5) is 31.5. The minimum absolute atomic E-state index is 0.0824. The average Bonchev–Trinajstić information content (AvgIpc) is 2.92. The molecule has 2 rings (SSSR count). The van der Waals surface area contributed by atoms with Crippen LogP contribution in [0.2, 0.25) is 0 Å². The van der Waals surface area contributed by atoms with E-state index in [4.69, 9.17) is 0 Å². The zero-order chi connectivity index (χ0) is 17.0. The number of carbonyl (C=O) groups is 1. The van der Waals surface area contributed by atoms with Crippen molar-refractivity contribution in [1.29, 1.82) is 0 Å². The fraction of sp³-hybridized carbons (Fsp3) is 0.154. The molecule has 2 aromatic rings. The van der Waals surface area contributed by atoms with Gasteiger partial charge in [-0.1, -0.05) is 30.3 Å². The van der Waals surface area contributed by atoms with Crippen LogP contribution in [0.5, 0.6) is 0 Å². The highest BCUT2D eigenvalue weighted by atomic mass is 32.1. The highest BCUT2D eigenvalue weighted by molar-refractivity contribution is 7.19. The molecule has 0 aliphatic heterocycles. The summed E-state index contributed by atoms with van der Waals surface area (Å²) in [6, 6.07) is 8.38. The van der Waals surface area contributed by atoms with Crippen molar-refractivity contribution >= 4 is 33.0 Å². The van der Waals surface area contributed by atoms with Gasteiger partial charge in [-0.3, -0.25) is 20.2 Å². The van der Waals surface area contributed by atoms with Gasteiger partial charge in [0.1, 0.15) is 12.1 Å². The number of nitrogens with zero attached hydrogens (tertiary/aromatic N) is 2. The van der Waals surface area contributed by atoms with E-state index < -0.39 is 32.5 Å². The van der Waals surface area contributed by atoms with Crippen LogP contribution >= 0.6 is 11.3 Å². The van der Waals surface area contributed by atoms with Crippen molar-refractivity contribution in [3.63, 3.8) is 0 Å². The van der Waals surface area contributed by atoms with Gasteiger partial charge in [-0.25, -0.2) is 4.79 Å². The van der Waals surface area contributed by atoms with Crippen molar-refractivity contribution in [2.24, 2.45) is 0 Å². The van der Waals surface area contributed by atoms with Gasteiger partial charge in [-0.15, -0.1) is 0 Å². The Morgan fingerprint density at radius 3 is 2.39 bits per heavy atom. The van der Waals surface area contributed by atoms with Crippen LogP contribution in [-0.4, -0.2) is 27.0 Å². The first-order valence-electron chi connectivity index (χ1n) is 6.34. The van der Waals surface area contributed by atoms with E-state index in [-0.39, 0.29) is 11.4 Å². The number of carboxylic acids is 1. The van der Waals surface area contributed by atoms with E-state index in [1.54, 1.807) is 30.3 Å². The molecule has 2 N–H and O–H groups in total. The zero-order valence-electron chi connectivity index (χ0n) is 11.5. The van der Waals surface area contributed by atoms with Gasteiger partial charge in [-0.2, -0.15) is 0 Å². The predicted molar refractivity (Wildman–Crippen MR) is 82.8 cm³/mol. The molecule has 0 aliphatic rings. The largest absolute Gasteiger partial charge is 0.480 e. The normalized spacial score (nSPS) is 11.7. The maximum atomic E-state index is 11.4. The van der Waals surface area contributed by atoms with Crippen LogP contribution in [0.25, 0.3) is 0 Å². The number of rotatable bonds is 7. The third-order valence-corrected chi connectivity index (χ3v) is 3.97. The van der Waals surface area contributed by atoms with Gasteiger partial charge in [0.25, 0.3) is 0 Å². The second-order valence-electron chi connectivity index (χ2n) is 4.54. The van der Waals surface area contributed by atoms with Crippen molar-refractivity contribution in [2.45, 2.75) is 12.5 Å². The molecule has 0 amide bonds. The molecule has 1 aromatic heterocycles. The van der Waals surface area contributed by atoms with Crippen molar-refractivity contribution < 1.29 is 19.7 Å². The molecule has 9 nitrogen and oxygen atoms in total. The molecule has 1 unspecified atom stereocenters. The van der Waals surface area contributed by atoms with E-state index in [0.717, 1.165) is 11.6 Å². The van der Waals surface area contributed by atoms with Crippen molar-refractivity contribution in [3.8, 4) is 0 Å². The molecule has 1 heterocycles. The van der Waals surface area contributed by atoms with Gasteiger partial charge in [0.2, 0.25) is 0 Å². The van der Waals surface area contributed by atoms with Gasteiger partial charge in [0.15, 0.2) is 5.00 Å².